The van der Waals surface area contributed by atoms with Gasteiger partial charge in [0.05, 0.1) is 6.54 Å². The molecule has 0 radical (unpaired) electrons. The number of carbonyl (C=O) groups excluding carboxylic acids is 1. The summed E-state index contributed by atoms with van der Waals surface area (Å²) in [5, 5.41) is 3.14. The summed E-state index contributed by atoms with van der Waals surface area (Å²) in [6.45, 7) is 5.89. The van der Waals surface area contributed by atoms with Gasteiger partial charge in [0, 0.05) is 11.5 Å². The van der Waals surface area contributed by atoms with Crippen LogP contribution in [0.15, 0.2) is 35.9 Å². The van der Waals surface area contributed by atoms with Gasteiger partial charge in [-0.05, 0) is 18.9 Å². The number of hydrogen-bond acceptors (Lipinski definition) is 1. The molecule has 0 bridgehead atoms. The zero-order valence-corrected chi connectivity index (χ0v) is 10.2. The molecule has 0 spiro atoms. The predicted octanol–water partition coefficient (Wildman–Crippen LogP) is 2.80. The van der Waals surface area contributed by atoms with Gasteiger partial charge in [-0.3, -0.25) is 4.79 Å². The Labute approximate surface area is 101 Å². The van der Waals surface area contributed by atoms with Crippen LogP contribution in [-0.2, 0) is 11.2 Å². The molecule has 1 aromatic carbocycles. The van der Waals surface area contributed by atoms with Crippen molar-refractivity contribution in [1.82, 2.24) is 5.32 Å². The maximum Gasteiger partial charge on any atom is 0.220 e. The molecule has 0 aliphatic carbocycles. The van der Waals surface area contributed by atoms with Crippen molar-refractivity contribution in [3.8, 4) is 0 Å². The molecule has 0 aliphatic rings. The van der Waals surface area contributed by atoms with Crippen molar-refractivity contribution in [2.75, 3.05) is 6.54 Å². The Kier molecular flexibility index (Phi) is 5.06. The van der Waals surface area contributed by atoms with Gasteiger partial charge in [0.2, 0.25) is 5.91 Å². The fourth-order valence-electron chi connectivity index (χ4n) is 1.30. The highest BCUT2D eigenvalue weighted by Gasteiger charge is 2.01. The zero-order chi connectivity index (χ0) is 12.0. The average Bonchev–Trinajstić information content (AvgIpc) is 2.25. The number of benzene rings is 1. The highest BCUT2D eigenvalue weighted by molar-refractivity contribution is 6.29. The Morgan fingerprint density at radius 1 is 1.38 bits per heavy atom. The van der Waals surface area contributed by atoms with Crippen molar-refractivity contribution in [3.63, 3.8) is 0 Å². The topological polar surface area (TPSA) is 29.1 Å². The van der Waals surface area contributed by atoms with Gasteiger partial charge in [0.1, 0.15) is 0 Å². The Morgan fingerprint density at radius 3 is 2.56 bits per heavy atom. The first kappa shape index (κ1) is 12.8. The molecular formula is C13H16ClNO. The van der Waals surface area contributed by atoms with Crippen LogP contribution in [0.1, 0.15) is 17.5 Å². The van der Waals surface area contributed by atoms with Crippen LogP contribution < -0.4 is 5.32 Å². The van der Waals surface area contributed by atoms with Crippen molar-refractivity contribution in [1.29, 1.82) is 0 Å². The molecule has 16 heavy (non-hydrogen) atoms. The SMILES string of the molecule is C=C(Cl)CNC(=O)CCc1ccc(C)cc1. The van der Waals surface area contributed by atoms with Crippen molar-refractivity contribution in [3.05, 3.63) is 47.0 Å². The van der Waals surface area contributed by atoms with E-state index in [9.17, 15) is 4.79 Å². The molecule has 0 saturated carbocycles. The molecule has 1 N–H and O–H groups in total. The lowest BCUT2D eigenvalue weighted by molar-refractivity contribution is -0.120. The molecule has 0 saturated heterocycles. The molecule has 0 fully saturated rings. The van der Waals surface area contributed by atoms with Crippen LogP contribution >= 0.6 is 11.6 Å². The Hall–Kier alpha value is -1.28. The molecule has 3 heteroatoms. The molecule has 1 rings (SSSR count). The molecule has 0 atom stereocenters. The molecular weight excluding hydrogens is 222 g/mol. The summed E-state index contributed by atoms with van der Waals surface area (Å²) in [5.41, 5.74) is 2.40. The molecule has 1 aromatic rings. The van der Waals surface area contributed by atoms with E-state index in [1.54, 1.807) is 0 Å². The van der Waals surface area contributed by atoms with Gasteiger partial charge in [-0.2, -0.15) is 0 Å². The Balaban J connectivity index is 2.31. The van der Waals surface area contributed by atoms with Crippen molar-refractivity contribution >= 4 is 17.5 Å². The summed E-state index contributed by atoms with van der Waals surface area (Å²) in [6.07, 6.45) is 1.23. The maximum atomic E-state index is 11.4. The highest BCUT2D eigenvalue weighted by Crippen LogP contribution is 2.05. The Bertz CT molecular complexity index is 370. The standard InChI is InChI=1S/C13H16ClNO/c1-10-3-5-12(6-4-10)7-8-13(16)15-9-11(2)14/h3-6H,2,7-9H2,1H3,(H,15,16). The van der Waals surface area contributed by atoms with E-state index in [2.05, 4.69) is 11.9 Å². The lowest BCUT2D eigenvalue weighted by atomic mass is 10.1. The van der Waals surface area contributed by atoms with Gasteiger partial charge in [0.15, 0.2) is 0 Å². The fraction of sp³-hybridized carbons (Fsp3) is 0.308. The van der Waals surface area contributed by atoms with Crippen molar-refractivity contribution < 1.29 is 4.79 Å². The van der Waals surface area contributed by atoms with Crippen LogP contribution in [0.4, 0.5) is 0 Å². The van der Waals surface area contributed by atoms with Gasteiger partial charge < -0.3 is 5.32 Å². The third-order valence-corrected chi connectivity index (χ3v) is 2.37. The van der Waals surface area contributed by atoms with Gasteiger partial charge in [-0.1, -0.05) is 48.0 Å². The quantitative estimate of drug-likeness (QED) is 0.839. The smallest absolute Gasteiger partial charge is 0.220 e. The van der Waals surface area contributed by atoms with E-state index >= 15 is 0 Å². The predicted molar refractivity (Wildman–Crippen MR) is 67.5 cm³/mol. The third kappa shape index (κ3) is 4.99. The monoisotopic (exact) mass is 237 g/mol. The maximum absolute atomic E-state index is 11.4. The molecule has 86 valence electrons. The van der Waals surface area contributed by atoms with Crippen molar-refractivity contribution in [2.24, 2.45) is 0 Å². The number of carbonyl (C=O) groups is 1. The molecule has 0 heterocycles. The minimum Gasteiger partial charge on any atom is -0.351 e. The summed E-state index contributed by atoms with van der Waals surface area (Å²) in [5.74, 6) is 0.00220. The second-order valence-corrected chi connectivity index (χ2v) is 4.31. The van der Waals surface area contributed by atoms with Gasteiger partial charge >= 0.3 is 0 Å². The van der Waals surface area contributed by atoms with E-state index < -0.39 is 0 Å². The molecule has 0 aromatic heterocycles. The minimum atomic E-state index is 0.00220. The van der Waals surface area contributed by atoms with Crippen molar-refractivity contribution in [2.45, 2.75) is 19.8 Å². The van der Waals surface area contributed by atoms with Crippen LogP contribution in [-0.4, -0.2) is 12.5 Å². The summed E-state index contributed by atoms with van der Waals surface area (Å²) in [4.78, 5) is 11.4. The van der Waals surface area contributed by atoms with E-state index in [-0.39, 0.29) is 5.91 Å². The molecule has 1 amide bonds. The molecule has 0 aliphatic heterocycles. The van der Waals surface area contributed by atoms with E-state index in [0.717, 1.165) is 6.42 Å². The highest BCUT2D eigenvalue weighted by atomic mass is 35.5. The molecule has 0 unspecified atom stereocenters. The summed E-state index contributed by atoms with van der Waals surface area (Å²) in [6, 6.07) is 8.19. The lowest BCUT2D eigenvalue weighted by Crippen LogP contribution is -2.24. The summed E-state index contributed by atoms with van der Waals surface area (Å²) >= 11 is 5.55. The van der Waals surface area contributed by atoms with Crippen LogP contribution in [0.5, 0.6) is 0 Å². The largest absolute Gasteiger partial charge is 0.351 e. The van der Waals surface area contributed by atoms with Crippen LogP contribution in [0.25, 0.3) is 0 Å². The van der Waals surface area contributed by atoms with Gasteiger partial charge in [0.25, 0.3) is 0 Å². The first-order chi connectivity index (χ1) is 7.58. The number of nitrogens with one attached hydrogen (secondary N) is 1. The second-order valence-electron chi connectivity index (χ2n) is 3.78. The molecule has 2 nitrogen and oxygen atoms in total. The van der Waals surface area contributed by atoms with Crippen LogP contribution in [0.2, 0.25) is 0 Å². The number of halogens is 1. The van der Waals surface area contributed by atoms with Crippen LogP contribution in [0.3, 0.4) is 0 Å². The van der Waals surface area contributed by atoms with E-state index in [0.29, 0.717) is 18.0 Å². The van der Waals surface area contributed by atoms with E-state index in [1.807, 2.05) is 31.2 Å². The normalized spacial score (nSPS) is 9.88. The summed E-state index contributed by atoms with van der Waals surface area (Å²) in [7, 11) is 0. The third-order valence-electron chi connectivity index (χ3n) is 2.24. The zero-order valence-electron chi connectivity index (χ0n) is 9.42. The Morgan fingerprint density at radius 2 is 2.00 bits per heavy atom. The first-order valence-electron chi connectivity index (χ1n) is 5.23. The number of amides is 1. The average molecular weight is 238 g/mol. The van der Waals surface area contributed by atoms with E-state index in [4.69, 9.17) is 11.6 Å². The first-order valence-corrected chi connectivity index (χ1v) is 5.61. The fourth-order valence-corrected chi connectivity index (χ4v) is 1.36. The van der Waals surface area contributed by atoms with Crippen LogP contribution in [0, 0.1) is 6.92 Å². The lowest BCUT2D eigenvalue weighted by Gasteiger charge is -2.04. The number of rotatable bonds is 5. The van der Waals surface area contributed by atoms with E-state index in [1.165, 1.54) is 11.1 Å². The second kappa shape index (κ2) is 6.33. The van der Waals surface area contributed by atoms with Gasteiger partial charge in [-0.15, -0.1) is 0 Å². The minimum absolute atomic E-state index is 0.00220. The summed E-state index contributed by atoms with van der Waals surface area (Å²) < 4.78 is 0. The van der Waals surface area contributed by atoms with Gasteiger partial charge in [-0.25, -0.2) is 0 Å². The number of aryl methyl sites for hydroxylation is 2. The number of hydrogen-bond donors (Lipinski definition) is 1.